The first kappa shape index (κ1) is 16.6. The monoisotopic (exact) mass is 262 g/mol. The molecular formula is C12H26N2O2S. The average molecular weight is 262 g/mol. The van der Waals surface area contributed by atoms with Gasteiger partial charge in [0, 0.05) is 35.3 Å². The maximum atomic E-state index is 11.5. The summed E-state index contributed by atoms with van der Waals surface area (Å²) < 4.78 is 11.1. The summed E-state index contributed by atoms with van der Waals surface area (Å²) in [5, 5.41) is 3.01. The molecule has 0 aromatic carbocycles. The molecule has 0 heterocycles. The minimum Gasteiger partial charge on any atom is -0.356 e. The van der Waals surface area contributed by atoms with Gasteiger partial charge in [-0.3, -0.25) is 9.00 Å². The lowest BCUT2D eigenvalue weighted by Gasteiger charge is -2.11. The number of carbonyl (C=O) groups excluding carboxylic acids is 1. The molecule has 0 aliphatic heterocycles. The number of hydrogen-bond acceptors (Lipinski definition) is 3. The standard InChI is InChI=1S/C12H26N2O2S/c1-10(6-8-13)4-5-12(15)14-9-7-11(2)17(3)16/h10-11H,4-9,13H2,1-3H3,(H,14,15). The van der Waals surface area contributed by atoms with Crippen LogP contribution >= 0.6 is 0 Å². The lowest BCUT2D eigenvalue weighted by molar-refractivity contribution is -0.121. The lowest BCUT2D eigenvalue weighted by Crippen LogP contribution is -2.27. The van der Waals surface area contributed by atoms with Gasteiger partial charge in [-0.15, -0.1) is 0 Å². The van der Waals surface area contributed by atoms with Gasteiger partial charge in [0.2, 0.25) is 5.91 Å². The third-order valence-electron chi connectivity index (χ3n) is 2.96. The van der Waals surface area contributed by atoms with Crippen LogP contribution in [0.4, 0.5) is 0 Å². The Hall–Kier alpha value is -0.420. The van der Waals surface area contributed by atoms with Crippen LogP contribution in [0.1, 0.15) is 39.5 Å². The predicted molar refractivity (Wildman–Crippen MR) is 73.2 cm³/mol. The Kier molecular flexibility index (Phi) is 9.36. The van der Waals surface area contributed by atoms with Gasteiger partial charge < -0.3 is 11.1 Å². The largest absolute Gasteiger partial charge is 0.356 e. The Morgan fingerprint density at radius 2 is 1.94 bits per heavy atom. The van der Waals surface area contributed by atoms with Crippen molar-refractivity contribution in [2.75, 3.05) is 19.3 Å². The summed E-state index contributed by atoms with van der Waals surface area (Å²) in [6.45, 7) is 5.35. The van der Waals surface area contributed by atoms with E-state index in [0.717, 1.165) is 19.3 Å². The Bertz CT molecular complexity index is 247. The highest BCUT2D eigenvalue weighted by Crippen LogP contribution is 2.08. The molecule has 0 bridgehead atoms. The molecule has 4 nitrogen and oxygen atoms in total. The van der Waals surface area contributed by atoms with Crippen molar-refractivity contribution in [1.29, 1.82) is 0 Å². The molecule has 0 saturated heterocycles. The van der Waals surface area contributed by atoms with Gasteiger partial charge in [0.05, 0.1) is 0 Å². The maximum Gasteiger partial charge on any atom is 0.220 e. The van der Waals surface area contributed by atoms with Gasteiger partial charge in [-0.25, -0.2) is 0 Å². The molecule has 3 atom stereocenters. The zero-order chi connectivity index (χ0) is 13.3. The predicted octanol–water partition coefficient (Wildman–Crippen LogP) is 1.02. The van der Waals surface area contributed by atoms with Crippen molar-refractivity contribution < 1.29 is 9.00 Å². The molecule has 0 aliphatic carbocycles. The molecule has 0 radical (unpaired) electrons. The van der Waals surface area contributed by atoms with Crippen LogP contribution in [0.5, 0.6) is 0 Å². The Morgan fingerprint density at radius 3 is 2.47 bits per heavy atom. The smallest absolute Gasteiger partial charge is 0.220 e. The van der Waals surface area contributed by atoms with Crippen molar-refractivity contribution in [3.05, 3.63) is 0 Å². The summed E-state index contributed by atoms with van der Waals surface area (Å²) in [4.78, 5) is 11.5. The number of rotatable bonds is 9. The first-order valence-electron chi connectivity index (χ1n) is 6.26. The normalized spacial score (nSPS) is 16.2. The van der Waals surface area contributed by atoms with Crippen LogP contribution in [0.2, 0.25) is 0 Å². The second kappa shape index (κ2) is 9.59. The first-order chi connectivity index (χ1) is 7.97. The minimum atomic E-state index is -0.804. The third-order valence-corrected chi connectivity index (χ3v) is 4.33. The zero-order valence-electron chi connectivity index (χ0n) is 11.2. The molecule has 0 fully saturated rings. The topological polar surface area (TPSA) is 72.2 Å². The molecule has 0 saturated carbocycles. The fourth-order valence-corrected chi connectivity index (χ4v) is 1.93. The van der Waals surface area contributed by atoms with E-state index in [2.05, 4.69) is 12.2 Å². The first-order valence-corrected chi connectivity index (χ1v) is 7.88. The summed E-state index contributed by atoms with van der Waals surface area (Å²) in [5.74, 6) is 0.593. The van der Waals surface area contributed by atoms with E-state index in [-0.39, 0.29) is 11.2 Å². The van der Waals surface area contributed by atoms with E-state index < -0.39 is 10.8 Å². The van der Waals surface area contributed by atoms with E-state index in [1.54, 1.807) is 6.26 Å². The summed E-state index contributed by atoms with van der Waals surface area (Å²) in [6.07, 6.45) is 4.89. The molecule has 0 aromatic rings. The lowest BCUT2D eigenvalue weighted by atomic mass is 10.0. The van der Waals surface area contributed by atoms with Crippen LogP contribution in [0.3, 0.4) is 0 Å². The SMILES string of the molecule is CC(CCN)CCC(=O)NCCC(C)S(C)=O. The number of carbonyl (C=O) groups is 1. The number of hydrogen-bond donors (Lipinski definition) is 2. The number of nitrogens with two attached hydrogens (primary N) is 1. The molecule has 102 valence electrons. The highest BCUT2D eigenvalue weighted by atomic mass is 32.2. The van der Waals surface area contributed by atoms with Crippen LogP contribution in [-0.2, 0) is 15.6 Å². The van der Waals surface area contributed by atoms with E-state index in [0.29, 0.717) is 25.4 Å². The quantitative estimate of drug-likeness (QED) is 0.652. The summed E-state index contributed by atoms with van der Waals surface area (Å²) in [7, 11) is -0.804. The molecule has 17 heavy (non-hydrogen) atoms. The van der Waals surface area contributed by atoms with Gasteiger partial charge in [0.25, 0.3) is 0 Å². The van der Waals surface area contributed by atoms with E-state index in [1.165, 1.54) is 0 Å². The van der Waals surface area contributed by atoms with Crippen LogP contribution in [0.15, 0.2) is 0 Å². The fraction of sp³-hybridized carbons (Fsp3) is 0.917. The van der Waals surface area contributed by atoms with Gasteiger partial charge in [-0.05, 0) is 31.7 Å². The van der Waals surface area contributed by atoms with Gasteiger partial charge in [-0.1, -0.05) is 13.8 Å². The van der Waals surface area contributed by atoms with Gasteiger partial charge >= 0.3 is 0 Å². The van der Waals surface area contributed by atoms with Gasteiger partial charge in [0.1, 0.15) is 0 Å². The molecule has 1 amide bonds. The number of amides is 1. The summed E-state index contributed by atoms with van der Waals surface area (Å²) in [5.41, 5.74) is 5.45. The third kappa shape index (κ3) is 9.30. The summed E-state index contributed by atoms with van der Waals surface area (Å²) >= 11 is 0. The van der Waals surface area contributed by atoms with Gasteiger partial charge in [0.15, 0.2) is 0 Å². The van der Waals surface area contributed by atoms with Crippen molar-refractivity contribution in [2.45, 2.75) is 44.8 Å². The molecule has 5 heteroatoms. The van der Waals surface area contributed by atoms with Crippen molar-refractivity contribution in [2.24, 2.45) is 11.7 Å². The highest BCUT2D eigenvalue weighted by molar-refractivity contribution is 7.84. The van der Waals surface area contributed by atoms with Crippen LogP contribution < -0.4 is 11.1 Å². The summed E-state index contributed by atoms with van der Waals surface area (Å²) in [6, 6.07) is 0. The van der Waals surface area contributed by atoms with Crippen LogP contribution in [-0.4, -0.2) is 34.7 Å². The average Bonchev–Trinajstić information content (AvgIpc) is 2.26. The van der Waals surface area contributed by atoms with Crippen molar-refractivity contribution >= 4 is 16.7 Å². The Morgan fingerprint density at radius 1 is 1.29 bits per heavy atom. The van der Waals surface area contributed by atoms with Crippen molar-refractivity contribution in [3.8, 4) is 0 Å². The van der Waals surface area contributed by atoms with E-state index in [1.807, 2.05) is 6.92 Å². The molecular weight excluding hydrogens is 236 g/mol. The van der Waals surface area contributed by atoms with Crippen molar-refractivity contribution in [1.82, 2.24) is 5.32 Å². The van der Waals surface area contributed by atoms with Crippen LogP contribution in [0, 0.1) is 5.92 Å². The fourth-order valence-electron chi connectivity index (χ4n) is 1.48. The zero-order valence-corrected chi connectivity index (χ0v) is 12.0. The Balaban J connectivity index is 3.56. The molecule has 0 spiro atoms. The minimum absolute atomic E-state index is 0.0861. The molecule has 0 rings (SSSR count). The van der Waals surface area contributed by atoms with Crippen LogP contribution in [0.25, 0.3) is 0 Å². The van der Waals surface area contributed by atoms with Gasteiger partial charge in [-0.2, -0.15) is 0 Å². The number of nitrogens with one attached hydrogen (secondary N) is 1. The molecule has 0 aromatic heterocycles. The maximum absolute atomic E-state index is 11.5. The van der Waals surface area contributed by atoms with E-state index in [4.69, 9.17) is 5.73 Å². The Labute approximate surface area is 107 Å². The second-order valence-corrected chi connectivity index (χ2v) is 6.47. The molecule has 0 aliphatic rings. The molecule has 3 unspecified atom stereocenters. The second-order valence-electron chi connectivity index (χ2n) is 4.67. The highest BCUT2D eigenvalue weighted by Gasteiger charge is 2.08. The van der Waals surface area contributed by atoms with E-state index >= 15 is 0 Å². The van der Waals surface area contributed by atoms with Crippen molar-refractivity contribution in [3.63, 3.8) is 0 Å². The van der Waals surface area contributed by atoms with E-state index in [9.17, 15) is 9.00 Å². The molecule has 3 N–H and O–H groups in total.